The number of allylic oxidation sites excluding steroid dienone is 20. The van der Waals surface area contributed by atoms with E-state index < -0.39 is 57.8 Å². The van der Waals surface area contributed by atoms with Crippen molar-refractivity contribution < 1.29 is 52.2 Å². The smallest absolute Gasteiger partial charge is 0.462 e. The number of ether oxygens (including phenoxy) is 3. The Labute approximate surface area is 487 Å². The van der Waals surface area contributed by atoms with Crippen LogP contribution in [0.15, 0.2) is 122 Å². The highest BCUT2D eigenvalue weighted by Gasteiger charge is 2.28. The fourth-order valence-electron chi connectivity index (χ4n) is 8.20. The number of aliphatic hydroxyl groups excluding tert-OH is 1. The quantitative estimate of drug-likeness (QED) is 0.0197. The summed E-state index contributed by atoms with van der Waals surface area (Å²) in [5.41, 5.74) is 0. The standard InChI is InChI=1S/C68H113O11P/c1-4-7-10-13-16-19-22-25-28-30-32-34-37-39-42-45-48-51-54-57-66(70)75-61-65(79-68(72)59-56-53-50-47-44-41-38-35-33-31-29-26-23-20-17-14-11-8-5-2)63-77-80(73,74)76-62-64(60-69)78-67(71)58-55-52-49-46-43-40-36-27-24-21-18-15-12-9-6-3/h7-8,10-11,16-17,19-20,25-26,28-29,32-35,39,42,48,51,64-65,69H,4-6,9,12-15,18,21-24,27,30-31,36-38,40-41,43-47,49-50,52-63H2,1-3H3,(H,73,74)/b10-7-,11-8-,19-16-,20-17-,28-25-,29-26-,34-32-,35-33-,42-39-,51-48-. The maximum atomic E-state index is 12.9. The second-order valence-corrected chi connectivity index (χ2v) is 21.9. The van der Waals surface area contributed by atoms with Gasteiger partial charge in [0.25, 0.3) is 0 Å². The summed E-state index contributed by atoms with van der Waals surface area (Å²) in [5, 5.41) is 9.85. The van der Waals surface area contributed by atoms with Crippen molar-refractivity contribution in [2.45, 2.75) is 264 Å². The van der Waals surface area contributed by atoms with E-state index in [1.54, 1.807) is 0 Å². The van der Waals surface area contributed by atoms with Gasteiger partial charge in [-0.1, -0.05) is 258 Å². The van der Waals surface area contributed by atoms with Crippen molar-refractivity contribution in [2.24, 2.45) is 0 Å². The number of carbonyl (C=O) groups excluding carboxylic acids is 3. The summed E-state index contributed by atoms with van der Waals surface area (Å²) in [7, 11) is -4.78. The number of rotatable bonds is 57. The molecule has 0 heterocycles. The van der Waals surface area contributed by atoms with Gasteiger partial charge in [-0.15, -0.1) is 0 Å². The molecule has 0 saturated carbocycles. The third-order valence-corrected chi connectivity index (χ3v) is 13.8. The molecule has 2 N–H and O–H groups in total. The fourth-order valence-corrected chi connectivity index (χ4v) is 8.98. The predicted molar refractivity (Wildman–Crippen MR) is 334 cm³/mol. The first-order valence-corrected chi connectivity index (χ1v) is 32.9. The van der Waals surface area contributed by atoms with Gasteiger partial charge in [0, 0.05) is 19.3 Å². The molecule has 0 aromatic rings. The summed E-state index contributed by atoms with van der Waals surface area (Å²) in [5.74, 6) is -1.58. The molecule has 12 heteroatoms. The maximum absolute atomic E-state index is 12.9. The lowest BCUT2D eigenvalue weighted by Crippen LogP contribution is -2.30. The number of phosphoric ester groups is 1. The lowest BCUT2D eigenvalue weighted by molar-refractivity contribution is -0.161. The van der Waals surface area contributed by atoms with Gasteiger partial charge in [-0.05, 0) is 96.3 Å². The molecule has 456 valence electrons. The second-order valence-electron chi connectivity index (χ2n) is 20.5. The highest BCUT2D eigenvalue weighted by Crippen LogP contribution is 2.43. The van der Waals surface area contributed by atoms with E-state index in [1.807, 2.05) is 12.2 Å². The molecule has 0 radical (unpaired) electrons. The van der Waals surface area contributed by atoms with Crippen LogP contribution in [-0.4, -0.2) is 66.5 Å². The molecule has 0 aliphatic carbocycles. The number of phosphoric acid groups is 1. The van der Waals surface area contributed by atoms with E-state index in [4.69, 9.17) is 23.3 Å². The van der Waals surface area contributed by atoms with Crippen LogP contribution in [-0.2, 0) is 42.2 Å². The van der Waals surface area contributed by atoms with Gasteiger partial charge in [-0.25, -0.2) is 4.57 Å². The second kappa shape index (κ2) is 61.0. The summed E-state index contributed by atoms with van der Waals surface area (Å²) in [4.78, 5) is 48.7. The summed E-state index contributed by atoms with van der Waals surface area (Å²) >= 11 is 0. The number of unbranched alkanes of at least 4 members (excludes halogenated alkanes) is 20. The van der Waals surface area contributed by atoms with Crippen LogP contribution in [0.4, 0.5) is 0 Å². The fraction of sp³-hybridized carbons (Fsp3) is 0.662. The lowest BCUT2D eigenvalue weighted by Gasteiger charge is -2.21. The Bertz CT molecular complexity index is 1800. The Morgan fingerprint density at radius 3 is 1.05 bits per heavy atom. The molecule has 0 aromatic carbocycles. The molecule has 0 bridgehead atoms. The average Bonchev–Trinajstić information content (AvgIpc) is 3.45. The van der Waals surface area contributed by atoms with Crippen LogP contribution in [0.1, 0.15) is 252 Å². The highest BCUT2D eigenvalue weighted by atomic mass is 31.2. The van der Waals surface area contributed by atoms with E-state index in [1.165, 1.54) is 70.6 Å². The molecule has 0 aliphatic heterocycles. The summed E-state index contributed by atoms with van der Waals surface area (Å²) in [6.07, 6.45) is 75.9. The Balaban J connectivity index is 4.85. The molecule has 0 spiro atoms. The van der Waals surface area contributed by atoms with E-state index in [-0.39, 0.29) is 25.9 Å². The normalized spacial score (nSPS) is 14.1. The molecule has 0 amide bonds. The molecule has 0 saturated heterocycles. The van der Waals surface area contributed by atoms with Crippen LogP contribution in [0.2, 0.25) is 0 Å². The van der Waals surface area contributed by atoms with Gasteiger partial charge < -0.3 is 24.2 Å². The van der Waals surface area contributed by atoms with Crippen LogP contribution in [0, 0.1) is 0 Å². The van der Waals surface area contributed by atoms with Crippen molar-refractivity contribution in [2.75, 3.05) is 26.4 Å². The zero-order valence-electron chi connectivity index (χ0n) is 50.5. The van der Waals surface area contributed by atoms with E-state index in [2.05, 4.69) is 130 Å². The average molecular weight is 1140 g/mol. The zero-order valence-corrected chi connectivity index (χ0v) is 51.4. The van der Waals surface area contributed by atoms with Crippen LogP contribution >= 0.6 is 7.82 Å². The Kier molecular flexibility index (Phi) is 57.8. The third kappa shape index (κ3) is 58.5. The zero-order chi connectivity index (χ0) is 58.3. The first-order chi connectivity index (χ1) is 39.2. The number of carbonyl (C=O) groups is 3. The first-order valence-electron chi connectivity index (χ1n) is 31.4. The molecule has 0 rings (SSSR count). The third-order valence-electron chi connectivity index (χ3n) is 12.9. The number of hydrogen-bond acceptors (Lipinski definition) is 10. The molecule has 11 nitrogen and oxygen atoms in total. The topological polar surface area (TPSA) is 155 Å². The van der Waals surface area contributed by atoms with Gasteiger partial charge in [0.1, 0.15) is 12.7 Å². The molecule has 3 atom stereocenters. The monoisotopic (exact) mass is 1140 g/mol. The molecule has 3 unspecified atom stereocenters. The van der Waals surface area contributed by atoms with Gasteiger partial charge >= 0.3 is 25.7 Å². The van der Waals surface area contributed by atoms with E-state index in [0.717, 1.165) is 122 Å². The van der Waals surface area contributed by atoms with E-state index >= 15 is 0 Å². The van der Waals surface area contributed by atoms with Gasteiger partial charge in [-0.3, -0.25) is 23.4 Å². The van der Waals surface area contributed by atoms with Gasteiger partial charge in [0.05, 0.1) is 19.8 Å². The minimum atomic E-state index is -4.78. The maximum Gasteiger partial charge on any atom is 0.472 e. The largest absolute Gasteiger partial charge is 0.472 e. The molecular formula is C68H113O11P. The number of esters is 3. The SMILES string of the molecule is CC/C=C\C/C=C\C/C=C\C/C=C\C/C=C\C/C=C\CCC(=O)OCC(COP(=O)(O)OCC(CO)OC(=O)CCCCCCCCCCCCCCCCC)OC(=O)CCCCCCCC/C=C\C/C=C\C/C=C\C/C=C\CC. The van der Waals surface area contributed by atoms with Crippen LogP contribution in [0.3, 0.4) is 0 Å². The van der Waals surface area contributed by atoms with Crippen molar-refractivity contribution in [1.29, 1.82) is 0 Å². The van der Waals surface area contributed by atoms with Crippen molar-refractivity contribution in [3.8, 4) is 0 Å². The minimum absolute atomic E-state index is 0.0927. The highest BCUT2D eigenvalue weighted by molar-refractivity contribution is 7.47. The van der Waals surface area contributed by atoms with Gasteiger partial charge in [0.2, 0.25) is 0 Å². The molecular weight excluding hydrogens is 1020 g/mol. The van der Waals surface area contributed by atoms with Crippen LogP contribution in [0.5, 0.6) is 0 Å². The van der Waals surface area contributed by atoms with Crippen LogP contribution < -0.4 is 0 Å². The van der Waals surface area contributed by atoms with Crippen molar-refractivity contribution in [3.63, 3.8) is 0 Å². The number of aliphatic hydroxyl groups is 1. The first kappa shape index (κ1) is 75.9. The van der Waals surface area contributed by atoms with Crippen LogP contribution in [0.25, 0.3) is 0 Å². The van der Waals surface area contributed by atoms with E-state index in [0.29, 0.717) is 19.3 Å². The summed E-state index contributed by atoms with van der Waals surface area (Å²) in [6.45, 7) is 4.34. The van der Waals surface area contributed by atoms with E-state index in [9.17, 15) is 28.9 Å². The lowest BCUT2D eigenvalue weighted by atomic mass is 10.0. The Morgan fingerprint density at radius 1 is 0.362 bits per heavy atom. The summed E-state index contributed by atoms with van der Waals surface area (Å²) in [6, 6.07) is 0. The minimum Gasteiger partial charge on any atom is -0.462 e. The number of hydrogen-bond donors (Lipinski definition) is 2. The molecule has 0 aromatic heterocycles. The molecule has 80 heavy (non-hydrogen) atoms. The molecule has 0 fully saturated rings. The van der Waals surface area contributed by atoms with Crippen molar-refractivity contribution in [3.05, 3.63) is 122 Å². The Morgan fingerprint density at radius 2 is 0.675 bits per heavy atom. The van der Waals surface area contributed by atoms with Gasteiger partial charge in [0.15, 0.2) is 6.10 Å². The summed E-state index contributed by atoms with van der Waals surface area (Å²) < 4.78 is 39.6. The van der Waals surface area contributed by atoms with Crippen molar-refractivity contribution in [1.82, 2.24) is 0 Å². The predicted octanol–water partition coefficient (Wildman–Crippen LogP) is 19.1. The Hall–Kier alpha value is -4.12. The van der Waals surface area contributed by atoms with Gasteiger partial charge in [-0.2, -0.15) is 0 Å². The molecule has 0 aliphatic rings. The van der Waals surface area contributed by atoms with Crippen molar-refractivity contribution >= 4 is 25.7 Å².